The molecular formula is C35H58O3. The normalized spacial score (nSPS) is 54.9. The van der Waals surface area contributed by atoms with E-state index in [0.717, 1.165) is 19.1 Å². The van der Waals surface area contributed by atoms with Crippen LogP contribution >= 0.6 is 0 Å². The van der Waals surface area contributed by atoms with Crippen LogP contribution in [0.2, 0.25) is 0 Å². The lowest BCUT2D eigenvalue weighted by molar-refractivity contribution is -0.351. The third-order valence-corrected chi connectivity index (χ3v) is 14.4. The van der Waals surface area contributed by atoms with Crippen LogP contribution in [0.1, 0.15) is 127 Å². The van der Waals surface area contributed by atoms with Crippen molar-refractivity contribution in [3.63, 3.8) is 0 Å². The highest BCUT2D eigenvalue weighted by Crippen LogP contribution is 2.76. The average Bonchev–Trinajstić information content (AvgIpc) is 2.81. The average molecular weight is 527 g/mol. The minimum atomic E-state index is -0.446. The molecular weight excluding hydrogens is 468 g/mol. The first-order chi connectivity index (χ1) is 17.5. The molecule has 2 unspecified atom stereocenters. The van der Waals surface area contributed by atoms with Gasteiger partial charge in [0.1, 0.15) is 0 Å². The molecule has 1 aliphatic heterocycles. The summed E-state index contributed by atoms with van der Waals surface area (Å²) in [6.45, 7) is 26.3. The third-order valence-electron chi connectivity index (χ3n) is 14.4. The summed E-state index contributed by atoms with van der Waals surface area (Å²) >= 11 is 0. The van der Waals surface area contributed by atoms with Crippen LogP contribution in [0, 0.1) is 50.2 Å². The molecule has 216 valence electrons. The molecule has 0 N–H and O–H groups in total. The Labute approximate surface area is 234 Å². The van der Waals surface area contributed by atoms with Crippen LogP contribution in [0.3, 0.4) is 0 Å². The van der Waals surface area contributed by atoms with Crippen molar-refractivity contribution in [3.8, 4) is 0 Å². The molecule has 1 heterocycles. The maximum atomic E-state index is 6.62. The molecule has 0 aromatic heterocycles. The first kappa shape index (κ1) is 27.8. The van der Waals surface area contributed by atoms with Crippen LogP contribution in [0.25, 0.3) is 0 Å². The van der Waals surface area contributed by atoms with Crippen LogP contribution in [0.15, 0.2) is 11.6 Å². The summed E-state index contributed by atoms with van der Waals surface area (Å²) in [5, 5.41) is 0. The van der Waals surface area contributed by atoms with Crippen molar-refractivity contribution in [1.82, 2.24) is 0 Å². The Morgan fingerprint density at radius 2 is 1.55 bits per heavy atom. The lowest BCUT2D eigenvalue weighted by Crippen LogP contribution is -2.68. The molecule has 5 aliphatic carbocycles. The van der Waals surface area contributed by atoms with Crippen LogP contribution in [-0.2, 0) is 14.2 Å². The van der Waals surface area contributed by atoms with Crippen molar-refractivity contribution in [2.45, 2.75) is 145 Å². The Morgan fingerprint density at radius 1 is 0.816 bits per heavy atom. The van der Waals surface area contributed by atoms with Crippen molar-refractivity contribution in [2.24, 2.45) is 50.2 Å². The van der Waals surface area contributed by atoms with Gasteiger partial charge in [0, 0.05) is 17.4 Å². The SMILES string of the molecule is CCO[C@@H]1CC(C)(C)C[C@@H]2C3=CC[C@@H]4[C@@]5(C)CCC6OC(C)(C)OC[C@@]6(C)C5CC[C@@]4(C)[C@]3(C)CC[C@]21C. The quantitative estimate of drug-likeness (QED) is 0.336. The van der Waals surface area contributed by atoms with Gasteiger partial charge in [0.05, 0.1) is 18.8 Å². The van der Waals surface area contributed by atoms with Crippen molar-refractivity contribution in [2.75, 3.05) is 13.2 Å². The fourth-order valence-corrected chi connectivity index (χ4v) is 12.0. The summed E-state index contributed by atoms with van der Waals surface area (Å²) in [5.41, 5.74) is 3.55. The van der Waals surface area contributed by atoms with E-state index in [9.17, 15) is 0 Å². The minimum absolute atomic E-state index is 0.123. The van der Waals surface area contributed by atoms with Crippen LogP contribution in [0.5, 0.6) is 0 Å². The van der Waals surface area contributed by atoms with E-state index in [4.69, 9.17) is 14.2 Å². The highest BCUT2D eigenvalue weighted by molar-refractivity contribution is 5.34. The van der Waals surface area contributed by atoms with E-state index >= 15 is 0 Å². The Balaban J connectivity index is 1.37. The lowest BCUT2D eigenvalue weighted by Gasteiger charge is -2.72. The monoisotopic (exact) mass is 526 g/mol. The van der Waals surface area contributed by atoms with Gasteiger partial charge in [-0.3, -0.25) is 0 Å². The molecule has 4 saturated carbocycles. The standard InChI is InChI=1S/C35H58O3/c1-11-36-28-21-29(2,3)20-24-23-12-13-26-32(7)16-15-27-33(8,22-37-30(4,5)38-27)25(32)14-17-35(26,10)34(23,9)19-18-31(24,28)6/h12,24-28H,11,13-22H2,1-10H3/t24-,25?,26-,27?,28-,31-,32+,33+,34-,35-/m1/s1. The molecule has 3 heteroatoms. The molecule has 0 aromatic rings. The van der Waals surface area contributed by atoms with Gasteiger partial charge in [0.15, 0.2) is 5.79 Å². The van der Waals surface area contributed by atoms with Crippen molar-refractivity contribution >= 4 is 0 Å². The fraction of sp³-hybridized carbons (Fsp3) is 0.943. The van der Waals surface area contributed by atoms with Gasteiger partial charge in [0.25, 0.3) is 0 Å². The van der Waals surface area contributed by atoms with Gasteiger partial charge >= 0.3 is 0 Å². The van der Waals surface area contributed by atoms with E-state index in [2.05, 4.69) is 75.3 Å². The predicted molar refractivity (Wildman–Crippen MR) is 155 cm³/mol. The first-order valence-electron chi connectivity index (χ1n) is 16.2. The first-order valence-corrected chi connectivity index (χ1v) is 16.2. The smallest absolute Gasteiger partial charge is 0.163 e. The molecule has 0 spiro atoms. The summed E-state index contributed by atoms with van der Waals surface area (Å²) in [7, 11) is 0. The zero-order valence-electron chi connectivity index (χ0n) is 26.5. The van der Waals surface area contributed by atoms with Crippen molar-refractivity contribution < 1.29 is 14.2 Å². The van der Waals surface area contributed by atoms with Gasteiger partial charge in [-0.2, -0.15) is 0 Å². The molecule has 0 radical (unpaired) electrons. The third kappa shape index (κ3) is 3.55. The number of ether oxygens (including phenoxy) is 3. The molecule has 1 saturated heterocycles. The summed E-state index contributed by atoms with van der Waals surface area (Å²) in [5.74, 6) is 1.62. The van der Waals surface area contributed by atoms with Gasteiger partial charge in [-0.05, 0) is 118 Å². The van der Waals surface area contributed by atoms with E-state index in [1.54, 1.807) is 0 Å². The minimum Gasteiger partial charge on any atom is -0.378 e. The second-order valence-corrected chi connectivity index (χ2v) is 17.2. The molecule has 0 amide bonds. The molecule has 38 heavy (non-hydrogen) atoms. The predicted octanol–water partition coefficient (Wildman–Crippen LogP) is 8.95. The summed E-state index contributed by atoms with van der Waals surface area (Å²) in [4.78, 5) is 0. The molecule has 6 rings (SSSR count). The zero-order valence-corrected chi connectivity index (χ0v) is 26.5. The Bertz CT molecular complexity index is 997. The topological polar surface area (TPSA) is 27.7 Å². The highest BCUT2D eigenvalue weighted by atomic mass is 16.7. The Kier molecular flexibility index (Phi) is 6.10. The van der Waals surface area contributed by atoms with E-state index < -0.39 is 5.79 Å². The number of allylic oxidation sites excluding steroid dienone is 2. The molecule has 0 aromatic carbocycles. The van der Waals surface area contributed by atoms with Crippen LogP contribution in [0.4, 0.5) is 0 Å². The zero-order chi connectivity index (χ0) is 27.6. The van der Waals surface area contributed by atoms with Crippen LogP contribution < -0.4 is 0 Å². The van der Waals surface area contributed by atoms with Gasteiger partial charge < -0.3 is 14.2 Å². The molecule has 10 atom stereocenters. The molecule has 6 aliphatic rings. The van der Waals surface area contributed by atoms with Gasteiger partial charge in [-0.25, -0.2) is 0 Å². The largest absolute Gasteiger partial charge is 0.378 e. The van der Waals surface area contributed by atoms with Gasteiger partial charge in [-0.15, -0.1) is 0 Å². The molecule has 3 nitrogen and oxygen atoms in total. The maximum Gasteiger partial charge on any atom is 0.163 e. The summed E-state index contributed by atoms with van der Waals surface area (Å²) in [6.07, 6.45) is 15.1. The van der Waals surface area contributed by atoms with E-state index in [0.29, 0.717) is 40.3 Å². The van der Waals surface area contributed by atoms with E-state index in [-0.39, 0.29) is 16.2 Å². The lowest BCUT2D eigenvalue weighted by atomic mass is 9.33. The number of rotatable bonds is 2. The van der Waals surface area contributed by atoms with Crippen molar-refractivity contribution in [1.29, 1.82) is 0 Å². The Hall–Kier alpha value is -0.380. The molecule has 0 bridgehead atoms. The second kappa shape index (κ2) is 8.34. The number of fused-ring (bicyclic) bond motifs is 9. The van der Waals surface area contributed by atoms with Crippen molar-refractivity contribution in [3.05, 3.63) is 11.6 Å². The summed E-state index contributed by atoms with van der Waals surface area (Å²) in [6, 6.07) is 0. The highest BCUT2D eigenvalue weighted by Gasteiger charge is 2.70. The summed E-state index contributed by atoms with van der Waals surface area (Å²) < 4.78 is 19.5. The maximum absolute atomic E-state index is 6.62. The van der Waals surface area contributed by atoms with E-state index in [1.807, 2.05) is 5.57 Å². The Morgan fingerprint density at radius 3 is 2.26 bits per heavy atom. The van der Waals surface area contributed by atoms with Crippen LogP contribution in [-0.4, -0.2) is 31.2 Å². The van der Waals surface area contributed by atoms with E-state index in [1.165, 1.54) is 57.8 Å². The van der Waals surface area contributed by atoms with Gasteiger partial charge in [-0.1, -0.05) is 60.1 Å². The number of hydrogen-bond acceptors (Lipinski definition) is 3. The van der Waals surface area contributed by atoms with Gasteiger partial charge in [0.2, 0.25) is 0 Å². The second-order valence-electron chi connectivity index (χ2n) is 17.2. The molecule has 5 fully saturated rings. The number of hydrogen-bond donors (Lipinski definition) is 0. The fourth-order valence-electron chi connectivity index (χ4n) is 12.0.